The predicted octanol–water partition coefficient (Wildman–Crippen LogP) is 2.81. The van der Waals surface area contributed by atoms with Gasteiger partial charge >= 0.3 is 0 Å². The van der Waals surface area contributed by atoms with Crippen LogP contribution in [-0.2, 0) is 10.2 Å². The molecule has 0 saturated heterocycles. The van der Waals surface area contributed by atoms with Crippen LogP contribution in [0.25, 0.3) is 0 Å². The van der Waals surface area contributed by atoms with Gasteiger partial charge in [0, 0.05) is 0 Å². The summed E-state index contributed by atoms with van der Waals surface area (Å²) in [5, 5.41) is 0. The Kier molecular flexibility index (Phi) is 2.70. The van der Waals surface area contributed by atoms with E-state index in [1.54, 1.807) is 19.1 Å². The molecule has 1 fully saturated rings. The Bertz CT molecular complexity index is 422. The van der Waals surface area contributed by atoms with Crippen LogP contribution in [0, 0.1) is 5.82 Å². The van der Waals surface area contributed by atoms with Crippen LogP contribution in [0.3, 0.4) is 0 Å². The topological polar surface area (TPSA) is 43.1 Å². The minimum atomic E-state index is -0.464. The third-order valence-corrected chi connectivity index (χ3v) is 3.68. The van der Waals surface area contributed by atoms with Crippen molar-refractivity contribution in [2.45, 2.75) is 38.0 Å². The van der Waals surface area contributed by atoms with E-state index < -0.39 is 11.2 Å². The van der Waals surface area contributed by atoms with Crippen LogP contribution >= 0.6 is 0 Å². The number of hydrogen-bond acceptors (Lipinski definition) is 2. The maximum absolute atomic E-state index is 13.4. The number of benzene rings is 1. The fourth-order valence-electron chi connectivity index (χ4n) is 2.65. The van der Waals surface area contributed by atoms with Crippen LogP contribution in [0.4, 0.5) is 10.1 Å². The van der Waals surface area contributed by atoms with Crippen molar-refractivity contribution >= 4 is 11.5 Å². The van der Waals surface area contributed by atoms with Gasteiger partial charge in [-0.3, -0.25) is 4.79 Å². The number of hydrogen-bond donors (Lipinski definition) is 1. The Labute approximate surface area is 94.6 Å². The minimum Gasteiger partial charge on any atom is -0.396 e. The first-order chi connectivity index (χ1) is 7.56. The highest BCUT2D eigenvalue weighted by Gasteiger charge is 2.40. The van der Waals surface area contributed by atoms with E-state index in [1.165, 1.54) is 6.07 Å². The SMILES string of the molecule is CC(=O)C1(c2ccc(N)c(F)c2)CCCC1. The minimum absolute atomic E-state index is 0.133. The van der Waals surface area contributed by atoms with Gasteiger partial charge in [0.1, 0.15) is 11.6 Å². The molecule has 2 nitrogen and oxygen atoms in total. The number of nitrogens with two attached hydrogens (primary N) is 1. The quantitative estimate of drug-likeness (QED) is 0.780. The van der Waals surface area contributed by atoms with Crippen LogP contribution in [0.15, 0.2) is 18.2 Å². The molecule has 0 spiro atoms. The Balaban J connectivity index is 2.47. The molecule has 0 atom stereocenters. The van der Waals surface area contributed by atoms with E-state index in [0.717, 1.165) is 31.2 Å². The summed E-state index contributed by atoms with van der Waals surface area (Å²) in [5.41, 5.74) is 5.90. The molecular weight excluding hydrogens is 205 g/mol. The second-order valence-electron chi connectivity index (χ2n) is 4.58. The molecule has 0 amide bonds. The summed E-state index contributed by atoms with van der Waals surface area (Å²) < 4.78 is 13.4. The van der Waals surface area contributed by atoms with Crippen LogP contribution < -0.4 is 5.73 Å². The maximum atomic E-state index is 13.4. The van der Waals surface area contributed by atoms with Crippen molar-refractivity contribution in [3.63, 3.8) is 0 Å². The Morgan fingerprint density at radius 2 is 2.00 bits per heavy atom. The predicted molar refractivity (Wildman–Crippen MR) is 61.6 cm³/mol. The molecule has 3 heteroatoms. The molecule has 0 bridgehead atoms. The van der Waals surface area contributed by atoms with Crippen LogP contribution in [-0.4, -0.2) is 5.78 Å². The number of anilines is 1. The zero-order valence-electron chi connectivity index (χ0n) is 9.42. The number of rotatable bonds is 2. The first-order valence-electron chi connectivity index (χ1n) is 5.63. The molecule has 1 saturated carbocycles. The summed E-state index contributed by atoms with van der Waals surface area (Å²) in [6.45, 7) is 1.60. The van der Waals surface area contributed by atoms with Crippen molar-refractivity contribution in [2.75, 3.05) is 5.73 Å². The summed E-state index contributed by atoms with van der Waals surface area (Å²) in [6, 6.07) is 4.75. The number of ketones is 1. The van der Waals surface area contributed by atoms with Gasteiger partial charge in [-0.25, -0.2) is 4.39 Å². The number of nitrogen functional groups attached to an aromatic ring is 1. The van der Waals surface area contributed by atoms with E-state index in [1.807, 2.05) is 0 Å². The molecule has 0 heterocycles. The monoisotopic (exact) mass is 221 g/mol. The lowest BCUT2D eigenvalue weighted by atomic mass is 9.76. The molecule has 2 N–H and O–H groups in total. The fourth-order valence-corrected chi connectivity index (χ4v) is 2.65. The van der Waals surface area contributed by atoms with E-state index in [0.29, 0.717) is 0 Å². The summed E-state index contributed by atoms with van der Waals surface area (Å²) in [4.78, 5) is 11.8. The third-order valence-electron chi connectivity index (χ3n) is 3.68. The number of Topliss-reactive ketones (excluding diaryl/α,β-unsaturated/α-hetero) is 1. The van der Waals surface area contributed by atoms with E-state index in [-0.39, 0.29) is 11.5 Å². The first kappa shape index (κ1) is 11.1. The van der Waals surface area contributed by atoms with Crippen molar-refractivity contribution in [3.05, 3.63) is 29.6 Å². The average Bonchev–Trinajstić information content (AvgIpc) is 2.72. The van der Waals surface area contributed by atoms with Crippen LogP contribution in [0.2, 0.25) is 0 Å². The van der Waals surface area contributed by atoms with Gasteiger partial charge in [-0.05, 0) is 37.5 Å². The van der Waals surface area contributed by atoms with Gasteiger partial charge in [0.25, 0.3) is 0 Å². The molecule has 1 aromatic rings. The number of halogens is 1. The fraction of sp³-hybridized carbons (Fsp3) is 0.462. The van der Waals surface area contributed by atoms with Gasteiger partial charge in [-0.15, -0.1) is 0 Å². The second kappa shape index (κ2) is 3.89. The molecule has 2 rings (SSSR count). The molecule has 86 valence electrons. The molecular formula is C13H16FNO. The van der Waals surface area contributed by atoms with Gasteiger partial charge in [0.15, 0.2) is 0 Å². The average molecular weight is 221 g/mol. The number of carbonyl (C=O) groups excluding carboxylic acids is 1. The zero-order valence-corrected chi connectivity index (χ0v) is 9.42. The largest absolute Gasteiger partial charge is 0.396 e. The number of carbonyl (C=O) groups is 1. The van der Waals surface area contributed by atoms with Gasteiger partial charge in [-0.1, -0.05) is 18.9 Å². The van der Waals surface area contributed by atoms with Gasteiger partial charge in [-0.2, -0.15) is 0 Å². The highest BCUT2D eigenvalue weighted by molar-refractivity contribution is 5.88. The van der Waals surface area contributed by atoms with Crippen LogP contribution in [0.5, 0.6) is 0 Å². The third kappa shape index (κ3) is 1.60. The van der Waals surface area contributed by atoms with E-state index >= 15 is 0 Å². The van der Waals surface area contributed by atoms with Gasteiger partial charge in [0.05, 0.1) is 11.1 Å². The van der Waals surface area contributed by atoms with Crippen molar-refractivity contribution < 1.29 is 9.18 Å². The molecule has 16 heavy (non-hydrogen) atoms. The molecule has 0 aliphatic heterocycles. The zero-order chi connectivity index (χ0) is 11.8. The molecule has 1 aromatic carbocycles. The molecule has 0 unspecified atom stereocenters. The van der Waals surface area contributed by atoms with Crippen molar-refractivity contribution in [2.24, 2.45) is 0 Å². The van der Waals surface area contributed by atoms with Gasteiger partial charge < -0.3 is 5.73 Å². The molecule has 1 aliphatic carbocycles. The summed E-state index contributed by atoms with van der Waals surface area (Å²) in [7, 11) is 0. The Morgan fingerprint density at radius 3 is 2.50 bits per heavy atom. The van der Waals surface area contributed by atoms with E-state index in [9.17, 15) is 9.18 Å². The lowest BCUT2D eigenvalue weighted by Gasteiger charge is -2.26. The normalized spacial score (nSPS) is 18.6. The summed E-state index contributed by atoms with van der Waals surface area (Å²) in [5.74, 6) is -0.292. The van der Waals surface area contributed by atoms with Crippen LogP contribution in [0.1, 0.15) is 38.2 Å². The molecule has 0 aromatic heterocycles. The molecule has 0 radical (unpaired) electrons. The maximum Gasteiger partial charge on any atom is 0.146 e. The highest BCUT2D eigenvalue weighted by Crippen LogP contribution is 2.42. The Morgan fingerprint density at radius 1 is 1.38 bits per heavy atom. The lowest BCUT2D eigenvalue weighted by molar-refractivity contribution is -0.122. The van der Waals surface area contributed by atoms with E-state index in [4.69, 9.17) is 5.73 Å². The molecule has 1 aliphatic rings. The standard InChI is InChI=1S/C13H16FNO/c1-9(16)13(6-2-3-7-13)10-4-5-12(15)11(14)8-10/h4-5,8H,2-3,6-7,15H2,1H3. The van der Waals surface area contributed by atoms with Gasteiger partial charge in [0.2, 0.25) is 0 Å². The second-order valence-corrected chi connectivity index (χ2v) is 4.58. The summed E-state index contributed by atoms with van der Waals surface area (Å²) in [6.07, 6.45) is 3.72. The smallest absolute Gasteiger partial charge is 0.146 e. The van der Waals surface area contributed by atoms with E-state index in [2.05, 4.69) is 0 Å². The van der Waals surface area contributed by atoms with Crippen molar-refractivity contribution in [1.82, 2.24) is 0 Å². The van der Waals surface area contributed by atoms with Crippen molar-refractivity contribution in [1.29, 1.82) is 0 Å². The lowest BCUT2D eigenvalue weighted by Crippen LogP contribution is -2.30. The first-order valence-corrected chi connectivity index (χ1v) is 5.63. The van der Waals surface area contributed by atoms with Crippen molar-refractivity contribution in [3.8, 4) is 0 Å². The Hall–Kier alpha value is -1.38. The summed E-state index contributed by atoms with van der Waals surface area (Å²) >= 11 is 0. The highest BCUT2D eigenvalue weighted by atomic mass is 19.1.